The van der Waals surface area contributed by atoms with Crippen molar-refractivity contribution in [2.45, 2.75) is 13.0 Å². The first-order chi connectivity index (χ1) is 9.40. The summed E-state index contributed by atoms with van der Waals surface area (Å²) in [5.41, 5.74) is 0.369. The predicted molar refractivity (Wildman–Crippen MR) is 71.4 cm³/mol. The summed E-state index contributed by atoms with van der Waals surface area (Å²) < 4.78 is 1.12. The largest absolute Gasteiger partial charge is 0.368 e. The number of carbonyl (C=O) groups excluding carboxylic acids is 1. The number of carbonyl (C=O) groups is 1. The molecule has 2 rings (SSSR count). The van der Waals surface area contributed by atoms with Gasteiger partial charge in [-0.15, -0.1) is 0 Å². The van der Waals surface area contributed by atoms with E-state index in [1.807, 2.05) is 0 Å². The number of anilines is 1. The molecule has 0 radical (unpaired) electrons. The second-order valence-electron chi connectivity index (χ2n) is 4.46. The molecule has 106 valence electrons. The van der Waals surface area contributed by atoms with Gasteiger partial charge in [0.05, 0.1) is 0 Å². The number of imidazole rings is 1. The summed E-state index contributed by atoms with van der Waals surface area (Å²) in [6.45, 7) is 1.69. The van der Waals surface area contributed by atoms with Gasteiger partial charge in [0.25, 0.3) is 0 Å². The normalized spacial score (nSPS) is 12.2. The van der Waals surface area contributed by atoms with Gasteiger partial charge in [0, 0.05) is 20.2 Å². The summed E-state index contributed by atoms with van der Waals surface area (Å²) in [5.74, 6) is 0.0172. The average molecular weight is 278 g/mol. The van der Waals surface area contributed by atoms with Crippen LogP contribution in [0.2, 0.25) is 0 Å². The molecule has 2 aromatic rings. The topological polar surface area (TPSA) is 106 Å². The molecule has 1 amide bonds. The van der Waals surface area contributed by atoms with Crippen LogP contribution in [0.5, 0.6) is 0 Å². The van der Waals surface area contributed by atoms with Crippen molar-refractivity contribution in [1.82, 2.24) is 19.5 Å². The lowest BCUT2D eigenvalue weighted by Gasteiger charge is -2.17. The molecule has 0 fully saturated rings. The fourth-order valence-electron chi connectivity index (χ4n) is 1.73. The van der Waals surface area contributed by atoms with E-state index in [0.29, 0.717) is 11.5 Å². The number of nitrogens with zero attached hydrogens (tertiary/aromatic N) is 5. The third kappa shape index (κ3) is 2.51. The minimum Gasteiger partial charge on any atom is -0.358 e. The van der Waals surface area contributed by atoms with Gasteiger partial charge in [0.2, 0.25) is 11.6 Å². The molecule has 9 heteroatoms. The van der Waals surface area contributed by atoms with Crippen LogP contribution in [-0.4, -0.2) is 50.5 Å². The van der Waals surface area contributed by atoms with E-state index >= 15 is 0 Å². The fourth-order valence-corrected chi connectivity index (χ4v) is 1.73. The van der Waals surface area contributed by atoms with Crippen molar-refractivity contribution >= 4 is 23.2 Å². The number of hydrogen-bond acceptors (Lipinski definition) is 6. The van der Waals surface area contributed by atoms with Crippen molar-refractivity contribution in [3.63, 3.8) is 0 Å². The molecule has 2 aromatic heterocycles. The van der Waals surface area contributed by atoms with Crippen LogP contribution in [0.4, 0.5) is 11.6 Å². The SMILES string of the molecule is C[C@H](Nc1ccc2ncc([N+](=O)[O-])n2n1)C(=O)N(C)C. The number of nitrogens with one attached hydrogen (secondary N) is 1. The lowest BCUT2D eigenvalue weighted by molar-refractivity contribution is -0.391. The van der Waals surface area contributed by atoms with E-state index < -0.39 is 11.0 Å². The zero-order chi connectivity index (χ0) is 14.9. The lowest BCUT2D eigenvalue weighted by Crippen LogP contribution is -2.36. The first kappa shape index (κ1) is 13.7. The van der Waals surface area contributed by atoms with E-state index in [4.69, 9.17) is 0 Å². The smallest absolute Gasteiger partial charge is 0.358 e. The van der Waals surface area contributed by atoms with Gasteiger partial charge >= 0.3 is 5.82 Å². The molecule has 9 nitrogen and oxygen atoms in total. The summed E-state index contributed by atoms with van der Waals surface area (Å²) in [7, 11) is 3.30. The standard InChI is InChI=1S/C11H14N6O3/c1-7(11(18)15(2)3)13-8-4-5-9-12-6-10(17(19)20)16(9)14-8/h4-7H,1-3H3,(H,13,14)/t7-/m0/s1. The number of amides is 1. The number of aromatic nitrogens is 3. The molecule has 0 bridgehead atoms. The Kier molecular flexibility index (Phi) is 3.51. The van der Waals surface area contributed by atoms with Gasteiger partial charge in [-0.25, -0.2) is 4.98 Å². The van der Waals surface area contributed by atoms with Gasteiger partial charge < -0.3 is 20.3 Å². The summed E-state index contributed by atoms with van der Waals surface area (Å²) in [4.78, 5) is 27.3. The molecule has 2 heterocycles. The maximum absolute atomic E-state index is 11.7. The third-order valence-corrected chi connectivity index (χ3v) is 2.71. The Balaban J connectivity index is 2.29. The Bertz CT molecular complexity index is 665. The van der Waals surface area contributed by atoms with E-state index in [1.165, 1.54) is 4.90 Å². The molecule has 0 aliphatic carbocycles. The molecule has 20 heavy (non-hydrogen) atoms. The van der Waals surface area contributed by atoms with Gasteiger partial charge in [-0.05, 0) is 17.9 Å². The van der Waals surface area contributed by atoms with Crippen LogP contribution in [0.1, 0.15) is 6.92 Å². The number of likely N-dealkylation sites (N-methyl/N-ethyl adjacent to an activating group) is 1. The molecule has 0 saturated heterocycles. The van der Waals surface area contributed by atoms with Crippen molar-refractivity contribution < 1.29 is 9.72 Å². The minimum absolute atomic E-state index is 0.118. The fraction of sp³-hybridized carbons (Fsp3) is 0.364. The Morgan fingerprint density at radius 3 is 2.80 bits per heavy atom. The van der Waals surface area contributed by atoms with Crippen molar-refractivity contribution in [2.75, 3.05) is 19.4 Å². The van der Waals surface area contributed by atoms with Crippen LogP contribution in [-0.2, 0) is 4.79 Å². The summed E-state index contributed by atoms with van der Waals surface area (Å²) in [6.07, 6.45) is 1.14. The van der Waals surface area contributed by atoms with Gasteiger partial charge in [-0.1, -0.05) is 9.61 Å². The Labute approximate surface area is 114 Å². The lowest BCUT2D eigenvalue weighted by atomic mass is 10.3. The highest BCUT2D eigenvalue weighted by Crippen LogP contribution is 2.15. The van der Waals surface area contributed by atoms with Gasteiger partial charge in [0.1, 0.15) is 12.2 Å². The highest BCUT2D eigenvalue weighted by Gasteiger charge is 2.19. The molecule has 0 saturated carbocycles. The summed E-state index contributed by atoms with van der Waals surface area (Å²) >= 11 is 0. The Hall–Kier alpha value is -2.71. The van der Waals surface area contributed by atoms with E-state index in [1.54, 1.807) is 33.2 Å². The van der Waals surface area contributed by atoms with Crippen molar-refractivity contribution in [3.05, 3.63) is 28.4 Å². The zero-order valence-electron chi connectivity index (χ0n) is 11.3. The Morgan fingerprint density at radius 1 is 1.50 bits per heavy atom. The third-order valence-electron chi connectivity index (χ3n) is 2.71. The molecule has 0 spiro atoms. The summed E-state index contributed by atoms with van der Waals surface area (Å²) in [5, 5.41) is 17.8. The van der Waals surface area contributed by atoms with Crippen LogP contribution >= 0.6 is 0 Å². The number of fused-ring (bicyclic) bond motifs is 1. The quantitative estimate of drug-likeness (QED) is 0.645. The molecular weight excluding hydrogens is 264 g/mol. The van der Waals surface area contributed by atoms with Crippen LogP contribution in [0.15, 0.2) is 18.3 Å². The Morgan fingerprint density at radius 2 is 2.20 bits per heavy atom. The molecule has 1 atom stereocenters. The van der Waals surface area contributed by atoms with Crippen molar-refractivity contribution in [3.8, 4) is 0 Å². The maximum atomic E-state index is 11.7. The van der Waals surface area contributed by atoms with Crippen molar-refractivity contribution in [1.29, 1.82) is 0 Å². The highest BCUT2D eigenvalue weighted by molar-refractivity contribution is 5.83. The molecule has 0 unspecified atom stereocenters. The van der Waals surface area contributed by atoms with Crippen LogP contribution < -0.4 is 5.32 Å². The van der Waals surface area contributed by atoms with Crippen LogP contribution in [0.3, 0.4) is 0 Å². The second-order valence-corrected chi connectivity index (χ2v) is 4.46. The maximum Gasteiger partial charge on any atom is 0.368 e. The van der Waals surface area contributed by atoms with Crippen molar-refractivity contribution in [2.24, 2.45) is 0 Å². The zero-order valence-corrected chi connectivity index (χ0v) is 11.3. The average Bonchev–Trinajstić information content (AvgIpc) is 2.80. The van der Waals surface area contributed by atoms with Gasteiger partial charge in [-0.2, -0.15) is 0 Å². The van der Waals surface area contributed by atoms with E-state index in [2.05, 4.69) is 15.4 Å². The van der Waals surface area contributed by atoms with E-state index in [9.17, 15) is 14.9 Å². The van der Waals surface area contributed by atoms with E-state index in [0.717, 1.165) is 10.7 Å². The molecular formula is C11H14N6O3. The monoisotopic (exact) mass is 278 g/mol. The number of nitro groups is 1. The molecule has 0 aliphatic heterocycles. The predicted octanol–water partition coefficient (Wildman–Crippen LogP) is 0.526. The minimum atomic E-state index is -0.564. The van der Waals surface area contributed by atoms with Gasteiger partial charge in [0.15, 0.2) is 5.82 Å². The van der Waals surface area contributed by atoms with Crippen LogP contribution in [0.25, 0.3) is 5.65 Å². The first-order valence-corrected chi connectivity index (χ1v) is 5.87. The van der Waals surface area contributed by atoms with E-state index in [-0.39, 0.29) is 11.7 Å². The molecule has 1 N–H and O–H groups in total. The highest BCUT2D eigenvalue weighted by atomic mass is 16.6. The molecule has 0 aromatic carbocycles. The van der Waals surface area contributed by atoms with Gasteiger partial charge in [-0.3, -0.25) is 4.79 Å². The second kappa shape index (κ2) is 5.11. The first-order valence-electron chi connectivity index (χ1n) is 5.87. The number of rotatable bonds is 4. The molecule has 0 aliphatic rings. The summed E-state index contributed by atoms with van der Waals surface area (Å²) in [6, 6.07) is 2.72. The van der Waals surface area contributed by atoms with Crippen LogP contribution in [0, 0.1) is 10.1 Å². The number of hydrogen-bond donors (Lipinski definition) is 1.